The van der Waals surface area contributed by atoms with Gasteiger partial charge in [-0.3, -0.25) is 9.59 Å². The standard InChI is InChI=1S/C20H20N2O6/c1-11(23)21-8-7-13-3-6-17-18(9-13)27-19(20(28-17)22-12(2)24)14-4-5-15(25)16(26)10-14/h3-10,19-20,25-26H,1-2H3,(H,21,23)(H,22,24). The van der Waals surface area contributed by atoms with Crippen molar-refractivity contribution in [2.45, 2.75) is 26.2 Å². The van der Waals surface area contributed by atoms with Gasteiger partial charge < -0.3 is 30.3 Å². The molecule has 1 aliphatic rings. The van der Waals surface area contributed by atoms with Crippen LogP contribution in [0.25, 0.3) is 6.08 Å². The molecular formula is C20H20N2O6. The second kappa shape index (κ2) is 7.91. The number of benzene rings is 2. The van der Waals surface area contributed by atoms with Gasteiger partial charge in [0.15, 0.2) is 29.1 Å². The number of hydrogen-bond donors (Lipinski definition) is 4. The molecule has 3 rings (SSSR count). The van der Waals surface area contributed by atoms with Crippen molar-refractivity contribution in [3.05, 3.63) is 53.7 Å². The third kappa shape index (κ3) is 4.35. The summed E-state index contributed by atoms with van der Waals surface area (Å²) in [5, 5.41) is 24.6. The third-order valence-electron chi connectivity index (χ3n) is 3.99. The van der Waals surface area contributed by atoms with E-state index in [0.717, 1.165) is 5.56 Å². The normalized spacial score (nSPS) is 17.9. The van der Waals surface area contributed by atoms with Crippen LogP contribution in [0.5, 0.6) is 23.0 Å². The zero-order chi connectivity index (χ0) is 20.3. The largest absolute Gasteiger partial charge is 0.504 e. The molecule has 0 radical (unpaired) electrons. The van der Waals surface area contributed by atoms with Gasteiger partial charge in [-0.2, -0.15) is 0 Å². The van der Waals surface area contributed by atoms with Crippen LogP contribution in [0.15, 0.2) is 42.6 Å². The van der Waals surface area contributed by atoms with Crippen LogP contribution in [0.2, 0.25) is 0 Å². The molecule has 4 N–H and O–H groups in total. The molecule has 0 saturated carbocycles. The molecular weight excluding hydrogens is 364 g/mol. The number of phenols is 2. The van der Waals surface area contributed by atoms with Crippen molar-refractivity contribution < 1.29 is 29.3 Å². The van der Waals surface area contributed by atoms with E-state index in [2.05, 4.69) is 10.6 Å². The van der Waals surface area contributed by atoms with Crippen LogP contribution in [0.1, 0.15) is 31.1 Å². The van der Waals surface area contributed by atoms with Gasteiger partial charge in [-0.15, -0.1) is 0 Å². The Morgan fingerprint density at radius 3 is 2.43 bits per heavy atom. The summed E-state index contributed by atoms with van der Waals surface area (Å²) >= 11 is 0. The second-order valence-corrected chi connectivity index (χ2v) is 6.27. The van der Waals surface area contributed by atoms with Gasteiger partial charge in [0.25, 0.3) is 0 Å². The van der Waals surface area contributed by atoms with Crippen LogP contribution in [0.4, 0.5) is 0 Å². The molecule has 2 atom stereocenters. The number of amides is 2. The van der Waals surface area contributed by atoms with E-state index >= 15 is 0 Å². The van der Waals surface area contributed by atoms with Gasteiger partial charge in [0.1, 0.15) is 0 Å². The molecule has 0 aliphatic carbocycles. The van der Waals surface area contributed by atoms with Crippen molar-refractivity contribution in [2.24, 2.45) is 0 Å². The average molecular weight is 384 g/mol. The summed E-state index contributed by atoms with van der Waals surface area (Å²) in [6.45, 7) is 2.77. The highest BCUT2D eigenvalue weighted by atomic mass is 16.6. The number of phenolic OH excluding ortho intramolecular Hbond substituents is 2. The fourth-order valence-electron chi connectivity index (χ4n) is 2.74. The summed E-state index contributed by atoms with van der Waals surface area (Å²) in [7, 11) is 0. The quantitative estimate of drug-likeness (QED) is 0.601. The molecule has 2 aromatic rings. The van der Waals surface area contributed by atoms with Crippen LogP contribution in [-0.4, -0.2) is 28.3 Å². The summed E-state index contributed by atoms with van der Waals surface area (Å²) in [6, 6.07) is 9.46. The van der Waals surface area contributed by atoms with E-state index in [1.54, 1.807) is 30.3 Å². The first-order chi connectivity index (χ1) is 13.3. The zero-order valence-electron chi connectivity index (χ0n) is 15.3. The van der Waals surface area contributed by atoms with Crippen molar-refractivity contribution in [3.8, 4) is 23.0 Å². The van der Waals surface area contributed by atoms with Gasteiger partial charge in [0.05, 0.1) is 0 Å². The van der Waals surface area contributed by atoms with E-state index in [9.17, 15) is 19.8 Å². The minimum Gasteiger partial charge on any atom is -0.504 e. The maximum Gasteiger partial charge on any atom is 0.220 e. The molecule has 28 heavy (non-hydrogen) atoms. The van der Waals surface area contributed by atoms with Crippen molar-refractivity contribution >= 4 is 17.9 Å². The lowest BCUT2D eigenvalue weighted by atomic mass is 10.1. The Morgan fingerprint density at radius 1 is 0.964 bits per heavy atom. The first-order valence-corrected chi connectivity index (χ1v) is 8.53. The van der Waals surface area contributed by atoms with Crippen molar-refractivity contribution in [1.82, 2.24) is 10.6 Å². The van der Waals surface area contributed by atoms with Gasteiger partial charge in [-0.05, 0) is 35.9 Å². The van der Waals surface area contributed by atoms with Crippen molar-refractivity contribution in [1.29, 1.82) is 0 Å². The summed E-state index contributed by atoms with van der Waals surface area (Å²) < 4.78 is 11.9. The summed E-state index contributed by atoms with van der Waals surface area (Å²) in [5.41, 5.74) is 1.28. The van der Waals surface area contributed by atoms with Gasteiger partial charge in [-0.25, -0.2) is 0 Å². The Hall–Kier alpha value is -3.68. The molecule has 0 spiro atoms. The van der Waals surface area contributed by atoms with E-state index < -0.39 is 12.3 Å². The zero-order valence-corrected chi connectivity index (χ0v) is 15.3. The lowest BCUT2D eigenvalue weighted by molar-refractivity contribution is -0.124. The highest BCUT2D eigenvalue weighted by Gasteiger charge is 2.34. The van der Waals surface area contributed by atoms with E-state index in [1.165, 1.54) is 32.2 Å². The maximum absolute atomic E-state index is 11.6. The Labute approximate surface area is 161 Å². The molecule has 2 amide bonds. The van der Waals surface area contributed by atoms with Crippen LogP contribution in [0.3, 0.4) is 0 Å². The number of ether oxygens (including phenoxy) is 2. The molecule has 0 fully saturated rings. The fourth-order valence-corrected chi connectivity index (χ4v) is 2.74. The Balaban J connectivity index is 1.92. The number of aromatic hydroxyl groups is 2. The molecule has 8 heteroatoms. The lowest BCUT2D eigenvalue weighted by Gasteiger charge is -2.34. The number of fused-ring (bicyclic) bond motifs is 1. The van der Waals surface area contributed by atoms with E-state index in [0.29, 0.717) is 17.1 Å². The van der Waals surface area contributed by atoms with Gasteiger partial charge in [-0.1, -0.05) is 12.1 Å². The third-order valence-corrected chi connectivity index (χ3v) is 3.99. The van der Waals surface area contributed by atoms with E-state index in [4.69, 9.17) is 9.47 Å². The first kappa shape index (κ1) is 19.1. The Kier molecular flexibility index (Phi) is 5.39. The Bertz CT molecular complexity index is 940. The van der Waals surface area contributed by atoms with E-state index in [-0.39, 0.29) is 23.3 Å². The first-order valence-electron chi connectivity index (χ1n) is 8.53. The van der Waals surface area contributed by atoms with Gasteiger partial charge in [0, 0.05) is 25.6 Å². The monoisotopic (exact) mass is 384 g/mol. The number of hydrogen-bond acceptors (Lipinski definition) is 6. The molecule has 1 aliphatic heterocycles. The number of rotatable bonds is 4. The van der Waals surface area contributed by atoms with Crippen molar-refractivity contribution in [3.63, 3.8) is 0 Å². The van der Waals surface area contributed by atoms with Crippen molar-refractivity contribution in [2.75, 3.05) is 0 Å². The summed E-state index contributed by atoms with van der Waals surface area (Å²) in [6.07, 6.45) is 1.64. The molecule has 8 nitrogen and oxygen atoms in total. The lowest BCUT2D eigenvalue weighted by Crippen LogP contribution is -2.46. The van der Waals surface area contributed by atoms with Crippen LogP contribution in [0, 0.1) is 0 Å². The molecule has 0 bridgehead atoms. The van der Waals surface area contributed by atoms with Crippen LogP contribution in [-0.2, 0) is 9.59 Å². The predicted octanol–water partition coefficient (Wildman–Crippen LogP) is 2.18. The van der Waals surface area contributed by atoms with Crippen LogP contribution < -0.4 is 20.1 Å². The molecule has 0 aromatic heterocycles. The molecule has 2 aromatic carbocycles. The topological polar surface area (TPSA) is 117 Å². The molecule has 0 saturated heterocycles. The number of carbonyl (C=O) groups is 2. The van der Waals surface area contributed by atoms with Gasteiger partial charge >= 0.3 is 0 Å². The number of carbonyl (C=O) groups excluding carboxylic acids is 2. The second-order valence-electron chi connectivity index (χ2n) is 6.27. The molecule has 2 unspecified atom stereocenters. The van der Waals surface area contributed by atoms with E-state index in [1.807, 2.05) is 0 Å². The molecule has 1 heterocycles. The molecule has 146 valence electrons. The average Bonchev–Trinajstić information content (AvgIpc) is 2.63. The smallest absolute Gasteiger partial charge is 0.220 e. The summed E-state index contributed by atoms with van der Waals surface area (Å²) in [4.78, 5) is 22.5. The SMILES string of the molecule is CC(=O)NC=Cc1ccc2c(c1)OC(c1ccc(O)c(O)c1)C(NC(C)=O)O2. The van der Waals surface area contributed by atoms with Crippen LogP contribution >= 0.6 is 0 Å². The fraction of sp³-hybridized carbons (Fsp3) is 0.200. The highest BCUT2D eigenvalue weighted by molar-refractivity contribution is 5.75. The summed E-state index contributed by atoms with van der Waals surface area (Å²) in [5.74, 6) is -0.180. The predicted molar refractivity (Wildman–Crippen MR) is 101 cm³/mol. The highest BCUT2D eigenvalue weighted by Crippen LogP contribution is 2.41. The minimum absolute atomic E-state index is 0.181. The Morgan fingerprint density at radius 2 is 1.75 bits per heavy atom. The van der Waals surface area contributed by atoms with Gasteiger partial charge in [0.2, 0.25) is 18.0 Å². The maximum atomic E-state index is 11.6. The minimum atomic E-state index is -0.824. The number of nitrogens with one attached hydrogen (secondary N) is 2.